The van der Waals surface area contributed by atoms with E-state index >= 15 is 0 Å². The molecule has 0 aliphatic heterocycles. The molecule has 2 aromatic rings. The highest BCUT2D eigenvalue weighted by atomic mass is 79.9. The SMILES string of the molecule is NC(=O)c1ccc(OCCOc2ccc(Br)cc2)cc1. The molecule has 20 heavy (non-hydrogen) atoms. The standard InChI is InChI=1S/C15H14BrNO3/c16-12-3-7-14(8-4-12)20-10-9-19-13-5-1-11(2-6-13)15(17)18/h1-8H,9-10H2,(H2,17,18). The molecule has 0 bridgehead atoms. The van der Waals surface area contributed by atoms with Crippen LogP contribution in [0.25, 0.3) is 0 Å². The van der Waals surface area contributed by atoms with Crippen LogP contribution < -0.4 is 15.2 Å². The van der Waals surface area contributed by atoms with Crippen molar-refractivity contribution in [2.45, 2.75) is 0 Å². The Morgan fingerprint density at radius 1 is 0.900 bits per heavy atom. The number of rotatable bonds is 6. The maximum absolute atomic E-state index is 10.9. The van der Waals surface area contributed by atoms with Gasteiger partial charge in [-0.25, -0.2) is 0 Å². The van der Waals surface area contributed by atoms with Crippen molar-refractivity contribution >= 4 is 21.8 Å². The van der Waals surface area contributed by atoms with Gasteiger partial charge in [0, 0.05) is 10.0 Å². The molecule has 2 rings (SSSR count). The molecule has 0 radical (unpaired) electrons. The van der Waals surface area contributed by atoms with Gasteiger partial charge in [0.25, 0.3) is 0 Å². The molecule has 0 aliphatic carbocycles. The van der Waals surface area contributed by atoms with Crippen LogP contribution in [0.3, 0.4) is 0 Å². The van der Waals surface area contributed by atoms with Crippen molar-refractivity contribution in [2.24, 2.45) is 5.73 Å². The highest BCUT2D eigenvalue weighted by Crippen LogP contribution is 2.16. The molecule has 0 unspecified atom stereocenters. The lowest BCUT2D eigenvalue weighted by molar-refractivity contribution is 0.1000. The summed E-state index contributed by atoms with van der Waals surface area (Å²) in [4.78, 5) is 10.9. The summed E-state index contributed by atoms with van der Waals surface area (Å²) < 4.78 is 12.0. The van der Waals surface area contributed by atoms with Crippen LogP contribution in [0.5, 0.6) is 11.5 Å². The zero-order valence-electron chi connectivity index (χ0n) is 10.7. The third-order valence-electron chi connectivity index (χ3n) is 2.57. The van der Waals surface area contributed by atoms with E-state index in [9.17, 15) is 4.79 Å². The fourth-order valence-electron chi connectivity index (χ4n) is 1.57. The Labute approximate surface area is 125 Å². The van der Waals surface area contributed by atoms with Crippen molar-refractivity contribution in [3.63, 3.8) is 0 Å². The second kappa shape index (κ2) is 6.96. The van der Waals surface area contributed by atoms with E-state index < -0.39 is 5.91 Å². The monoisotopic (exact) mass is 335 g/mol. The van der Waals surface area contributed by atoms with Gasteiger partial charge in [0.1, 0.15) is 24.7 Å². The van der Waals surface area contributed by atoms with Gasteiger partial charge in [-0.2, -0.15) is 0 Å². The van der Waals surface area contributed by atoms with Crippen molar-refractivity contribution < 1.29 is 14.3 Å². The van der Waals surface area contributed by atoms with E-state index in [1.165, 1.54) is 0 Å². The minimum Gasteiger partial charge on any atom is -0.490 e. The number of carbonyl (C=O) groups is 1. The Kier molecular flexibility index (Phi) is 5.01. The molecule has 104 valence electrons. The molecule has 0 fully saturated rings. The van der Waals surface area contributed by atoms with Gasteiger partial charge in [0.05, 0.1) is 0 Å². The first-order valence-electron chi connectivity index (χ1n) is 6.06. The maximum atomic E-state index is 10.9. The molecule has 0 aliphatic rings. The van der Waals surface area contributed by atoms with Crippen LogP contribution >= 0.6 is 15.9 Å². The third kappa shape index (κ3) is 4.28. The molecule has 0 heterocycles. The van der Waals surface area contributed by atoms with Crippen LogP contribution in [0.4, 0.5) is 0 Å². The van der Waals surface area contributed by atoms with E-state index in [0.29, 0.717) is 24.5 Å². The fourth-order valence-corrected chi connectivity index (χ4v) is 1.83. The highest BCUT2D eigenvalue weighted by Gasteiger charge is 2.00. The Morgan fingerprint density at radius 3 is 1.80 bits per heavy atom. The first kappa shape index (κ1) is 14.4. The van der Waals surface area contributed by atoms with Crippen LogP contribution in [0.1, 0.15) is 10.4 Å². The van der Waals surface area contributed by atoms with Crippen molar-refractivity contribution in [1.82, 2.24) is 0 Å². The molecular weight excluding hydrogens is 322 g/mol. The van der Waals surface area contributed by atoms with E-state index in [2.05, 4.69) is 15.9 Å². The topological polar surface area (TPSA) is 61.6 Å². The van der Waals surface area contributed by atoms with E-state index in [1.54, 1.807) is 24.3 Å². The van der Waals surface area contributed by atoms with E-state index in [4.69, 9.17) is 15.2 Å². The van der Waals surface area contributed by atoms with Crippen molar-refractivity contribution in [2.75, 3.05) is 13.2 Å². The van der Waals surface area contributed by atoms with Crippen LogP contribution in [-0.4, -0.2) is 19.1 Å². The van der Waals surface area contributed by atoms with E-state index in [0.717, 1.165) is 10.2 Å². The summed E-state index contributed by atoms with van der Waals surface area (Å²) in [6, 6.07) is 14.3. The number of ether oxygens (including phenoxy) is 2. The predicted octanol–water partition coefficient (Wildman–Crippen LogP) is 3.01. The lowest BCUT2D eigenvalue weighted by Crippen LogP contribution is -2.11. The second-order valence-corrected chi connectivity index (χ2v) is 4.96. The van der Waals surface area contributed by atoms with Gasteiger partial charge in [-0.3, -0.25) is 4.79 Å². The van der Waals surface area contributed by atoms with Crippen molar-refractivity contribution in [3.05, 3.63) is 58.6 Å². The average Bonchev–Trinajstić information content (AvgIpc) is 2.46. The zero-order chi connectivity index (χ0) is 14.4. The quantitative estimate of drug-likeness (QED) is 0.825. The second-order valence-electron chi connectivity index (χ2n) is 4.04. The first-order chi connectivity index (χ1) is 9.65. The number of primary amides is 1. The number of carbonyl (C=O) groups excluding carboxylic acids is 1. The summed E-state index contributed by atoms with van der Waals surface area (Å²) in [7, 11) is 0. The molecule has 5 heteroatoms. The Morgan fingerprint density at radius 2 is 1.35 bits per heavy atom. The Balaban J connectivity index is 1.75. The van der Waals surface area contributed by atoms with Gasteiger partial charge in [-0.15, -0.1) is 0 Å². The van der Waals surface area contributed by atoms with Gasteiger partial charge in [-0.05, 0) is 48.5 Å². The van der Waals surface area contributed by atoms with Crippen molar-refractivity contribution in [1.29, 1.82) is 0 Å². The van der Waals surface area contributed by atoms with Crippen LogP contribution in [0, 0.1) is 0 Å². The maximum Gasteiger partial charge on any atom is 0.248 e. The van der Waals surface area contributed by atoms with Gasteiger partial charge in [0.2, 0.25) is 5.91 Å². The number of amides is 1. The minimum atomic E-state index is -0.449. The van der Waals surface area contributed by atoms with Gasteiger partial charge < -0.3 is 15.2 Å². The molecule has 2 N–H and O–H groups in total. The summed E-state index contributed by atoms with van der Waals surface area (Å²) in [6.45, 7) is 0.866. The third-order valence-corrected chi connectivity index (χ3v) is 3.10. The summed E-state index contributed by atoms with van der Waals surface area (Å²) >= 11 is 3.36. The van der Waals surface area contributed by atoms with Crippen molar-refractivity contribution in [3.8, 4) is 11.5 Å². The Hall–Kier alpha value is -2.01. The molecule has 0 spiro atoms. The lowest BCUT2D eigenvalue weighted by Gasteiger charge is -2.08. The largest absolute Gasteiger partial charge is 0.490 e. The highest BCUT2D eigenvalue weighted by molar-refractivity contribution is 9.10. The molecule has 0 atom stereocenters. The van der Waals surface area contributed by atoms with Crippen LogP contribution in [0.2, 0.25) is 0 Å². The van der Waals surface area contributed by atoms with E-state index in [-0.39, 0.29) is 0 Å². The fraction of sp³-hybridized carbons (Fsp3) is 0.133. The predicted molar refractivity (Wildman–Crippen MR) is 80.1 cm³/mol. The van der Waals surface area contributed by atoms with Gasteiger partial charge >= 0.3 is 0 Å². The first-order valence-corrected chi connectivity index (χ1v) is 6.85. The molecule has 2 aromatic carbocycles. The molecule has 4 nitrogen and oxygen atoms in total. The summed E-state index contributed by atoms with van der Waals surface area (Å²) in [5.41, 5.74) is 5.62. The average molecular weight is 336 g/mol. The van der Waals surface area contributed by atoms with Crippen LogP contribution in [-0.2, 0) is 0 Å². The number of nitrogens with two attached hydrogens (primary N) is 1. The summed E-state index contributed by atoms with van der Waals surface area (Å²) in [5, 5.41) is 0. The number of benzene rings is 2. The molecule has 0 aromatic heterocycles. The summed E-state index contributed by atoms with van der Waals surface area (Å²) in [6.07, 6.45) is 0. The number of hydrogen-bond acceptors (Lipinski definition) is 3. The van der Waals surface area contributed by atoms with Gasteiger partial charge in [-0.1, -0.05) is 15.9 Å². The lowest BCUT2D eigenvalue weighted by atomic mass is 10.2. The van der Waals surface area contributed by atoms with Crippen LogP contribution in [0.15, 0.2) is 53.0 Å². The normalized spacial score (nSPS) is 10.1. The molecule has 1 amide bonds. The number of halogens is 1. The van der Waals surface area contributed by atoms with Gasteiger partial charge in [0.15, 0.2) is 0 Å². The summed E-state index contributed by atoms with van der Waals surface area (Å²) in [5.74, 6) is 1.02. The molecule has 0 saturated heterocycles. The Bertz CT molecular complexity index is 567. The molecule has 0 saturated carbocycles. The van der Waals surface area contributed by atoms with E-state index in [1.807, 2.05) is 24.3 Å². The smallest absolute Gasteiger partial charge is 0.248 e. The molecular formula is C15H14BrNO3. The minimum absolute atomic E-state index is 0.423. The number of hydrogen-bond donors (Lipinski definition) is 1. The zero-order valence-corrected chi connectivity index (χ0v) is 12.3.